The smallest absolute Gasteiger partial charge is 0.221 e. The Balaban J connectivity index is 2.03. The van der Waals surface area contributed by atoms with Crippen LogP contribution in [-0.4, -0.2) is 26.6 Å². The highest BCUT2D eigenvalue weighted by molar-refractivity contribution is 5.84. The van der Waals surface area contributed by atoms with Gasteiger partial charge in [0.1, 0.15) is 5.75 Å². The monoisotopic (exact) mass is 272 g/mol. The number of methoxy groups -OCH3 is 1. The fourth-order valence-corrected chi connectivity index (χ4v) is 2.04. The first-order valence-corrected chi connectivity index (χ1v) is 6.71. The number of benzene rings is 2. The molecule has 4 heteroatoms. The van der Waals surface area contributed by atoms with Gasteiger partial charge in [-0.05, 0) is 41.6 Å². The van der Waals surface area contributed by atoms with E-state index in [1.54, 1.807) is 7.11 Å². The molecule has 106 valence electrons. The number of amides is 1. The lowest BCUT2D eigenvalue weighted by molar-refractivity contribution is -0.121. The van der Waals surface area contributed by atoms with Crippen LogP contribution in [0.4, 0.5) is 0 Å². The number of ether oxygens (including phenoxy) is 1. The normalized spacial score (nSPS) is 10.5. The third-order valence-electron chi connectivity index (χ3n) is 3.20. The molecular weight excluding hydrogens is 252 g/mol. The van der Waals surface area contributed by atoms with Gasteiger partial charge in [0.15, 0.2) is 0 Å². The first-order chi connectivity index (χ1) is 9.72. The van der Waals surface area contributed by atoms with E-state index in [9.17, 15) is 4.79 Å². The lowest BCUT2D eigenvalue weighted by Gasteiger charge is -2.07. The zero-order chi connectivity index (χ0) is 14.4. The summed E-state index contributed by atoms with van der Waals surface area (Å²) in [4.78, 5) is 11.6. The van der Waals surface area contributed by atoms with Crippen LogP contribution in [0, 0.1) is 0 Å². The molecule has 0 aliphatic rings. The SMILES string of the molecule is CNCCC(=O)NCc1ccc2cc(OC)ccc2c1. The molecule has 0 aliphatic heterocycles. The van der Waals surface area contributed by atoms with Crippen molar-refractivity contribution in [2.75, 3.05) is 20.7 Å². The number of carbonyl (C=O) groups is 1. The van der Waals surface area contributed by atoms with Crippen molar-refractivity contribution in [1.82, 2.24) is 10.6 Å². The Kier molecular flexibility index (Phi) is 4.96. The molecule has 20 heavy (non-hydrogen) atoms. The predicted octanol–water partition coefficient (Wildman–Crippen LogP) is 2.07. The van der Waals surface area contributed by atoms with Crippen LogP contribution in [0.5, 0.6) is 5.75 Å². The van der Waals surface area contributed by atoms with Crippen molar-refractivity contribution in [2.45, 2.75) is 13.0 Å². The van der Waals surface area contributed by atoms with Crippen LogP contribution in [0.1, 0.15) is 12.0 Å². The molecular formula is C16H20N2O2. The molecule has 0 aromatic heterocycles. The molecule has 0 bridgehead atoms. The molecule has 0 heterocycles. The average Bonchev–Trinajstić information content (AvgIpc) is 2.50. The topological polar surface area (TPSA) is 50.4 Å². The number of fused-ring (bicyclic) bond motifs is 1. The molecule has 1 amide bonds. The molecule has 2 rings (SSSR count). The quantitative estimate of drug-likeness (QED) is 0.846. The summed E-state index contributed by atoms with van der Waals surface area (Å²) in [6, 6.07) is 12.1. The van der Waals surface area contributed by atoms with Crippen molar-refractivity contribution >= 4 is 16.7 Å². The van der Waals surface area contributed by atoms with Crippen molar-refractivity contribution < 1.29 is 9.53 Å². The Morgan fingerprint density at radius 3 is 2.65 bits per heavy atom. The fraction of sp³-hybridized carbons (Fsp3) is 0.312. The van der Waals surface area contributed by atoms with Gasteiger partial charge in [-0.2, -0.15) is 0 Å². The lowest BCUT2D eigenvalue weighted by Crippen LogP contribution is -2.26. The van der Waals surface area contributed by atoms with Gasteiger partial charge in [-0.25, -0.2) is 0 Å². The van der Waals surface area contributed by atoms with Gasteiger partial charge in [0.25, 0.3) is 0 Å². The molecule has 0 unspecified atom stereocenters. The summed E-state index contributed by atoms with van der Waals surface area (Å²) >= 11 is 0. The third-order valence-corrected chi connectivity index (χ3v) is 3.20. The second-order valence-electron chi connectivity index (χ2n) is 4.68. The Bertz CT molecular complexity index is 596. The van der Waals surface area contributed by atoms with E-state index < -0.39 is 0 Å². The molecule has 0 aliphatic carbocycles. The van der Waals surface area contributed by atoms with Crippen LogP contribution in [0.2, 0.25) is 0 Å². The van der Waals surface area contributed by atoms with Gasteiger partial charge in [0, 0.05) is 19.5 Å². The summed E-state index contributed by atoms with van der Waals surface area (Å²) < 4.78 is 5.21. The predicted molar refractivity (Wildman–Crippen MR) is 80.9 cm³/mol. The Morgan fingerprint density at radius 2 is 1.90 bits per heavy atom. The van der Waals surface area contributed by atoms with Gasteiger partial charge in [0.2, 0.25) is 5.91 Å². The number of rotatable bonds is 6. The highest BCUT2D eigenvalue weighted by Crippen LogP contribution is 2.21. The molecule has 2 N–H and O–H groups in total. The van der Waals surface area contributed by atoms with Crippen LogP contribution in [-0.2, 0) is 11.3 Å². The van der Waals surface area contributed by atoms with E-state index in [-0.39, 0.29) is 5.91 Å². The van der Waals surface area contributed by atoms with Crippen molar-refractivity contribution in [1.29, 1.82) is 0 Å². The number of nitrogens with one attached hydrogen (secondary N) is 2. The minimum atomic E-state index is 0.0641. The second-order valence-corrected chi connectivity index (χ2v) is 4.68. The maximum absolute atomic E-state index is 11.6. The molecule has 0 atom stereocenters. The highest BCUT2D eigenvalue weighted by Gasteiger charge is 2.02. The minimum Gasteiger partial charge on any atom is -0.497 e. The van der Waals surface area contributed by atoms with Gasteiger partial charge in [-0.15, -0.1) is 0 Å². The number of hydrogen-bond acceptors (Lipinski definition) is 3. The van der Waals surface area contributed by atoms with Crippen molar-refractivity contribution in [2.24, 2.45) is 0 Å². The Morgan fingerprint density at radius 1 is 1.15 bits per heavy atom. The number of hydrogen-bond donors (Lipinski definition) is 2. The highest BCUT2D eigenvalue weighted by atomic mass is 16.5. The summed E-state index contributed by atoms with van der Waals surface area (Å²) in [5, 5.41) is 8.16. The molecule has 4 nitrogen and oxygen atoms in total. The molecule has 0 saturated heterocycles. The first-order valence-electron chi connectivity index (χ1n) is 6.71. The summed E-state index contributed by atoms with van der Waals surface area (Å²) in [5.74, 6) is 0.916. The number of carbonyl (C=O) groups excluding carboxylic acids is 1. The van der Waals surface area contributed by atoms with Crippen LogP contribution in [0.15, 0.2) is 36.4 Å². The van der Waals surface area contributed by atoms with E-state index in [1.807, 2.05) is 37.4 Å². The summed E-state index contributed by atoms with van der Waals surface area (Å²) in [6.45, 7) is 1.26. The van der Waals surface area contributed by atoms with Crippen molar-refractivity contribution in [3.05, 3.63) is 42.0 Å². The van der Waals surface area contributed by atoms with Crippen molar-refractivity contribution in [3.63, 3.8) is 0 Å². The molecule has 0 saturated carbocycles. The van der Waals surface area contributed by atoms with Crippen molar-refractivity contribution in [3.8, 4) is 5.75 Å². The molecule has 0 fully saturated rings. The summed E-state index contributed by atoms with van der Waals surface area (Å²) in [6.07, 6.45) is 0.501. The molecule has 0 radical (unpaired) electrons. The van der Waals surface area contributed by atoms with E-state index in [4.69, 9.17) is 4.74 Å². The standard InChI is InChI=1S/C16H20N2O2/c1-17-8-7-16(19)18-11-12-3-4-14-10-15(20-2)6-5-13(14)9-12/h3-6,9-10,17H,7-8,11H2,1-2H3,(H,18,19). The Hall–Kier alpha value is -2.07. The van der Waals surface area contributed by atoms with Gasteiger partial charge in [0.05, 0.1) is 7.11 Å². The van der Waals surface area contributed by atoms with E-state index in [0.717, 1.165) is 22.1 Å². The zero-order valence-corrected chi connectivity index (χ0v) is 11.9. The van der Waals surface area contributed by atoms with Gasteiger partial charge in [-0.1, -0.05) is 18.2 Å². The Labute approximate surface area is 119 Å². The van der Waals surface area contributed by atoms with Crippen LogP contribution in [0.25, 0.3) is 10.8 Å². The van der Waals surface area contributed by atoms with Crippen LogP contribution < -0.4 is 15.4 Å². The second kappa shape index (κ2) is 6.91. The van der Waals surface area contributed by atoms with E-state index in [2.05, 4.69) is 16.7 Å². The maximum Gasteiger partial charge on any atom is 0.221 e. The lowest BCUT2D eigenvalue weighted by atomic mass is 10.1. The van der Waals surface area contributed by atoms with Gasteiger partial charge < -0.3 is 15.4 Å². The largest absolute Gasteiger partial charge is 0.497 e. The molecule has 0 spiro atoms. The first kappa shape index (κ1) is 14.3. The van der Waals surface area contributed by atoms with E-state index in [0.29, 0.717) is 19.5 Å². The summed E-state index contributed by atoms with van der Waals surface area (Å²) in [7, 11) is 3.50. The van der Waals surface area contributed by atoms with Gasteiger partial charge >= 0.3 is 0 Å². The van der Waals surface area contributed by atoms with Crippen LogP contribution >= 0.6 is 0 Å². The third kappa shape index (κ3) is 3.71. The van der Waals surface area contributed by atoms with Crippen LogP contribution in [0.3, 0.4) is 0 Å². The molecule has 2 aromatic carbocycles. The zero-order valence-electron chi connectivity index (χ0n) is 11.9. The van der Waals surface area contributed by atoms with E-state index in [1.165, 1.54) is 0 Å². The average molecular weight is 272 g/mol. The fourth-order valence-electron chi connectivity index (χ4n) is 2.04. The maximum atomic E-state index is 11.6. The van der Waals surface area contributed by atoms with Gasteiger partial charge in [-0.3, -0.25) is 4.79 Å². The van der Waals surface area contributed by atoms with E-state index >= 15 is 0 Å². The minimum absolute atomic E-state index is 0.0641. The molecule has 2 aromatic rings. The summed E-state index contributed by atoms with van der Waals surface area (Å²) in [5.41, 5.74) is 1.10.